The lowest BCUT2D eigenvalue weighted by atomic mass is 10.1. The van der Waals surface area contributed by atoms with E-state index in [-0.39, 0.29) is 11.4 Å². The number of hydrogen-bond donors (Lipinski definition) is 1. The SMILES string of the molecule is C=CCN(C)c1ncc(F)cc1CNC(C)(C)C. The van der Waals surface area contributed by atoms with Gasteiger partial charge in [0.05, 0.1) is 6.20 Å². The monoisotopic (exact) mass is 251 g/mol. The highest BCUT2D eigenvalue weighted by Gasteiger charge is 2.13. The Kier molecular flexibility index (Phi) is 4.84. The van der Waals surface area contributed by atoms with Crippen LogP contribution in [0, 0.1) is 5.82 Å². The average molecular weight is 251 g/mol. The fraction of sp³-hybridized carbons (Fsp3) is 0.500. The van der Waals surface area contributed by atoms with E-state index in [4.69, 9.17) is 0 Å². The van der Waals surface area contributed by atoms with Crippen molar-refractivity contribution in [1.29, 1.82) is 0 Å². The van der Waals surface area contributed by atoms with E-state index >= 15 is 0 Å². The first-order valence-electron chi connectivity index (χ1n) is 6.05. The Labute approximate surface area is 109 Å². The predicted octanol–water partition coefficient (Wildman–Crippen LogP) is 2.73. The summed E-state index contributed by atoms with van der Waals surface area (Å²) in [6.45, 7) is 11.2. The van der Waals surface area contributed by atoms with Crippen LogP contribution in [0.4, 0.5) is 10.2 Å². The Bertz CT molecular complexity index is 410. The molecule has 0 saturated heterocycles. The summed E-state index contributed by atoms with van der Waals surface area (Å²) in [5.41, 5.74) is 0.843. The first kappa shape index (κ1) is 14.6. The van der Waals surface area contributed by atoms with Gasteiger partial charge >= 0.3 is 0 Å². The van der Waals surface area contributed by atoms with Gasteiger partial charge in [0.2, 0.25) is 0 Å². The zero-order valence-corrected chi connectivity index (χ0v) is 11.6. The number of nitrogens with one attached hydrogen (secondary N) is 1. The minimum absolute atomic E-state index is 0.0133. The van der Waals surface area contributed by atoms with Gasteiger partial charge in [0.15, 0.2) is 0 Å². The molecule has 0 aliphatic rings. The average Bonchev–Trinajstić information content (AvgIpc) is 2.25. The molecule has 1 N–H and O–H groups in total. The van der Waals surface area contributed by atoms with Crippen LogP contribution in [0.2, 0.25) is 0 Å². The summed E-state index contributed by atoms with van der Waals surface area (Å²) in [6.07, 6.45) is 3.04. The van der Waals surface area contributed by atoms with Gasteiger partial charge < -0.3 is 10.2 Å². The van der Waals surface area contributed by atoms with Crippen molar-refractivity contribution in [2.45, 2.75) is 32.9 Å². The number of anilines is 1. The molecular formula is C14H22FN3. The largest absolute Gasteiger partial charge is 0.356 e. The Morgan fingerprint density at radius 3 is 2.72 bits per heavy atom. The smallest absolute Gasteiger partial charge is 0.141 e. The Hall–Kier alpha value is -1.42. The van der Waals surface area contributed by atoms with E-state index in [9.17, 15) is 4.39 Å². The van der Waals surface area contributed by atoms with Crippen LogP contribution in [-0.4, -0.2) is 24.1 Å². The van der Waals surface area contributed by atoms with E-state index in [1.165, 1.54) is 12.3 Å². The Balaban J connectivity index is 2.93. The summed E-state index contributed by atoms with van der Waals surface area (Å²) in [5, 5.41) is 3.34. The van der Waals surface area contributed by atoms with Gasteiger partial charge in [0.1, 0.15) is 11.6 Å². The maximum Gasteiger partial charge on any atom is 0.141 e. The molecule has 0 spiro atoms. The molecule has 0 fully saturated rings. The van der Waals surface area contributed by atoms with Gasteiger partial charge in [0, 0.05) is 31.2 Å². The highest BCUT2D eigenvalue weighted by atomic mass is 19.1. The fourth-order valence-corrected chi connectivity index (χ4v) is 1.59. The van der Waals surface area contributed by atoms with E-state index in [1.54, 1.807) is 6.08 Å². The van der Waals surface area contributed by atoms with E-state index < -0.39 is 0 Å². The number of rotatable bonds is 5. The molecule has 1 heterocycles. The Morgan fingerprint density at radius 1 is 1.50 bits per heavy atom. The Morgan fingerprint density at radius 2 is 2.17 bits per heavy atom. The van der Waals surface area contributed by atoms with Crippen molar-refractivity contribution in [3.63, 3.8) is 0 Å². The minimum atomic E-state index is -0.309. The molecule has 0 aliphatic heterocycles. The number of aromatic nitrogens is 1. The summed E-state index contributed by atoms with van der Waals surface area (Å²) in [4.78, 5) is 6.11. The first-order chi connectivity index (χ1) is 8.33. The highest BCUT2D eigenvalue weighted by molar-refractivity contribution is 5.46. The van der Waals surface area contributed by atoms with Crippen LogP contribution in [0.3, 0.4) is 0 Å². The molecule has 1 aromatic rings. The number of likely N-dealkylation sites (N-methyl/N-ethyl adjacent to an activating group) is 1. The maximum atomic E-state index is 13.3. The quantitative estimate of drug-likeness (QED) is 0.816. The molecular weight excluding hydrogens is 229 g/mol. The van der Waals surface area contributed by atoms with Gasteiger partial charge in [0.25, 0.3) is 0 Å². The van der Waals surface area contributed by atoms with Gasteiger partial charge in [-0.25, -0.2) is 9.37 Å². The van der Waals surface area contributed by atoms with Gasteiger partial charge in [-0.1, -0.05) is 6.08 Å². The van der Waals surface area contributed by atoms with Crippen LogP contribution in [-0.2, 0) is 6.54 Å². The van der Waals surface area contributed by atoms with Crippen molar-refractivity contribution in [3.8, 4) is 0 Å². The van der Waals surface area contributed by atoms with Gasteiger partial charge in [-0.2, -0.15) is 0 Å². The van der Waals surface area contributed by atoms with Gasteiger partial charge in [-0.3, -0.25) is 0 Å². The molecule has 0 atom stereocenters. The first-order valence-corrected chi connectivity index (χ1v) is 6.05. The van der Waals surface area contributed by atoms with Crippen LogP contribution in [0.25, 0.3) is 0 Å². The van der Waals surface area contributed by atoms with E-state index in [0.29, 0.717) is 13.1 Å². The number of pyridine rings is 1. The highest BCUT2D eigenvalue weighted by Crippen LogP contribution is 2.18. The van der Waals surface area contributed by atoms with Crippen molar-refractivity contribution in [1.82, 2.24) is 10.3 Å². The zero-order valence-electron chi connectivity index (χ0n) is 11.6. The van der Waals surface area contributed by atoms with Crippen molar-refractivity contribution in [3.05, 3.63) is 36.3 Å². The number of hydrogen-bond acceptors (Lipinski definition) is 3. The molecule has 100 valence electrons. The molecule has 0 saturated carbocycles. The van der Waals surface area contributed by atoms with Crippen LogP contribution in [0.15, 0.2) is 24.9 Å². The van der Waals surface area contributed by atoms with Crippen LogP contribution in [0.1, 0.15) is 26.3 Å². The van der Waals surface area contributed by atoms with Crippen molar-refractivity contribution in [2.75, 3.05) is 18.5 Å². The lowest BCUT2D eigenvalue weighted by Crippen LogP contribution is -2.35. The standard InChI is InChI=1S/C14H22FN3/c1-6-7-18(5)13-11(8-12(15)10-16-13)9-17-14(2,3)4/h6,8,10,17H,1,7,9H2,2-5H3. The minimum Gasteiger partial charge on any atom is -0.356 e. The molecule has 0 unspecified atom stereocenters. The molecule has 0 bridgehead atoms. The summed E-state index contributed by atoms with van der Waals surface area (Å²) in [6, 6.07) is 1.53. The second-order valence-electron chi connectivity index (χ2n) is 5.41. The normalized spacial score (nSPS) is 11.4. The van der Waals surface area contributed by atoms with Crippen molar-refractivity contribution < 1.29 is 4.39 Å². The molecule has 1 aromatic heterocycles. The molecule has 0 radical (unpaired) electrons. The van der Waals surface area contributed by atoms with E-state index in [1.807, 2.05) is 11.9 Å². The third kappa shape index (κ3) is 4.45. The van der Waals surface area contributed by atoms with Crippen LogP contribution in [0.5, 0.6) is 0 Å². The molecule has 18 heavy (non-hydrogen) atoms. The molecule has 4 heteroatoms. The molecule has 0 amide bonds. The molecule has 3 nitrogen and oxygen atoms in total. The zero-order chi connectivity index (χ0) is 13.8. The fourth-order valence-electron chi connectivity index (χ4n) is 1.59. The lowest BCUT2D eigenvalue weighted by Gasteiger charge is -2.24. The molecule has 0 aliphatic carbocycles. The van der Waals surface area contributed by atoms with Crippen molar-refractivity contribution >= 4 is 5.82 Å². The summed E-state index contributed by atoms with van der Waals surface area (Å²) >= 11 is 0. The molecule has 1 rings (SSSR count). The maximum absolute atomic E-state index is 13.3. The third-order valence-electron chi connectivity index (χ3n) is 2.48. The summed E-state index contributed by atoms with van der Waals surface area (Å²) in [5.74, 6) is 0.476. The third-order valence-corrected chi connectivity index (χ3v) is 2.48. The van der Waals surface area contributed by atoms with Gasteiger partial charge in [-0.05, 0) is 26.8 Å². The second kappa shape index (κ2) is 5.96. The van der Waals surface area contributed by atoms with Crippen molar-refractivity contribution in [2.24, 2.45) is 0 Å². The van der Waals surface area contributed by atoms with Crippen LogP contribution < -0.4 is 10.2 Å². The topological polar surface area (TPSA) is 28.2 Å². The lowest BCUT2D eigenvalue weighted by molar-refractivity contribution is 0.423. The number of nitrogens with zero attached hydrogens (tertiary/aromatic N) is 2. The second-order valence-corrected chi connectivity index (χ2v) is 5.41. The molecule has 0 aromatic carbocycles. The van der Waals surface area contributed by atoms with Gasteiger partial charge in [-0.15, -0.1) is 6.58 Å². The van der Waals surface area contributed by atoms with Crippen LogP contribution >= 0.6 is 0 Å². The van der Waals surface area contributed by atoms with E-state index in [2.05, 4.69) is 37.7 Å². The number of halogens is 1. The van der Waals surface area contributed by atoms with E-state index in [0.717, 1.165) is 11.4 Å². The summed E-state index contributed by atoms with van der Waals surface area (Å²) in [7, 11) is 1.92. The summed E-state index contributed by atoms with van der Waals surface area (Å²) < 4.78 is 13.3. The predicted molar refractivity (Wildman–Crippen MR) is 74.3 cm³/mol.